The van der Waals surface area contributed by atoms with Crippen LogP contribution in [0, 0.1) is 0 Å². The van der Waals surface area contributed by atoms with Crippen molar-refractivity contribution < 1.29 is 0 Å². The zero-order valence-electron chi connectivity index (χ0n) is 9.62. The monoisotopic (exact) mass is 203 g/mol. The molecule has 0 aromatic rings. The van der Waals surface area contributed by atoms with Gasteiger partial charge >= 0.3 is 0 Å². The Balaban J connectivity index is 3.86. The Bertz CT molecular complexity index is 127. The van der Waals surface area contributed by atoms with Crippen LogP contribution < -0.4 is 4.65 Å². The Morgan fingerprint density at radius 1 is 1.00 bits per heavy atom. The van der Waals surface area contributed by atoms with Gasteiger partial charge in [-0.25, -0.2) is 0 Å². The molecule has 0 aliphatic heterocycles. The molecule has 0 unspecified atom stereocenters. The van der Waals surface area contributed by atoms with E-state index in [1.807, 2.05) is 0 Å². The predicted molar refractivity (Wildman–Crippen MR) is 63.7 cm³/mol. The second-order valence-corrected chi connectivity index (χ2v) is 15.1. The van der Waals surface area contributed by atoms with Crippen LogP contribution in [0.2, 0.25) is 38.8 Å². The summed E-state index contributed by atoms with van der Waals surface area (Å²) in [6, 6.07) is 1.44. The maximum Gasteiger partial charge on any atom is 0.112 e. The summed E-state index contributed by atoms with van der Waals surface area (Å²) in [7, 11) is -2.08. The van der Waals surface area contributed by atoms with Gasteiger partial charge in [-0.05, 0) is 6.04 Å². The summed E-state index contributed by atoms with van der Waals surface area (Å²) in [4.78, 5) is 0. The van der Waals surface area contributed by atoms with Crippen molar-refractivity contribution in [3.8, 4) is 0 Å². The highest BCUT2D eigenvalue weighted by Gasteiger charge is 2.26. The van der Waals surface area contributed by atoms with Crippen LogP contribution in [0.5, 0.6) is 0 Å². The third-order valence-electron chi connectivity index (χ3n) is 1.87. The molecular formula is C9H25NSi2. The zero-order chi connectivity index (χ0) is 9.83. The fourth-order valence-corrected chi connectivity index (χ4v) is 11.6. The molecule has 0 spiro atoms. The van der Waals surface area contributed by atoms with Crippen molar-refractivity contribution in [1.82, 2.24) is 4.65 Å². The maximum atomic E-state index is 3.91. The molecule has 0 saturated carbocycles. The molecule has 1 nitrogen and oxygen atoms in total. The maximum absolute atomic E-state index is 3.91. The predicted octanol–water partition coefficient (Wildman–Crippen LogP) is 3.42. The first-order chi connectivity index (χ1) is 5.27. The van der Waals surface area contributed by atoms with E-state index in [-0.39, 0.29) is 0 Å². The fraction of sp³-hybridized carbons (Fsp3) is 1.00. The molecule has 0 aromatic carbocycles. The first kappa shape index (κ1) is 12.4. The van der Waals surface area contributed by atoms with E-state index >= 15 is 0 Å². The van der Waals surface area contributed by atoms with Gasteiger partial charge in [-0.3, -0.25) is 0 Å². The molecule has 0 bridgehead atoms. The van der Waals surface area contributed by atoms with E-state index in [1.165, 1.54) is 18.9 Å². The van der Waals surface area contributed by atoms with Gasteiger partial charge in [0.1, 0.15) is 16.5 Å². The van der Waals surface area contributed by atoms with Crippen LogP contribution in [0.3, 0.4) is 0 Å². The minimum atomic E-state index is -1.05. The average molecular weight is 203 g/mol. The molecular weight excluding hydrogens is 178 g/mol. The van der Waals surface area contributed by atoms with Crippen LogP contribution in [0.25, 0.3) is 0 Å². The largest absolute Gasteiger partial charge is 0.360 e. The highest BCUT2D eigenvalue weighted by molar-refractivity contribution is 6.90. The van der Waals surface area contributed by atoms with E-state index in [4.69, 9.17) is 0 Å². The van der Waals surface area contributed by atoms with Gasteiger partial charge in [0.15, 0.2) is 0 Å². The fourth-order valence-electron chi connectivity index (χ4n) is 1.70. The van der Waals surface area contributed by atoms with Crippen LogP contribution >= 0.6 is 0 Å². The van der Waals surface area contributed by atoms with Gasteiger partial charge in [0, 0.05) is 0 Å². The summed E-state index contributed by atoms with van der Waals surface area (Å²) in [6.07, 6.45) is 2.74. The van der Waals surface area contributed by atoms with E-state index < -0.39 is 16.5 Å². The first-order valence-corrected chi connectivity index (χ1v) is 11.8. The minimum Gasteiger partial charge on any atom is -0.360 e. The number of rotatable bonds is 5. The first-order valence-electron chi connectivity index (χ1n) is 5.06. The van der Waals surface area contributed by atoms with Crippen LogP contribution in [0.4, 0.5) is 0 Å². The number of hydrogen-bond donors (Lipinski definition) is 1. The van der Waals surface area contributed by atoms with Crippen molar-refractivity contribution in [2.45, 2.75) is 58.5 Å². The summed E-state index contributed by atoms with van der Waals surface area (Å²) in [5.74, 6) is 0. The number of unbranched alkanes of at least 4 members (excludes halogenated alkanes) is 1. The molecule has 0 rings (SSSR count). The lowest BCUT2D eigenvalue weighted by atomic mass is 10.4. The third-order valence-corrected chi connectivity index (χ3v) is 9.18. The van der Waals surface area contributed by atoms with Crippen molar-refractivity contribution in [3.63, 3.8) is 0 Å². The quantitative estimate of drug-likeness (QED) is 0.675. The van der Waals surface area contributed by atoms with Gasteiger partial charge in [0.25, 0.3) is 0 Å². The molecule has 0 radical (unpaired) electrons. The lowest BCUT2D eigenvalue weighted by Crippen LogP contribution is -2.57. The zero-order valence-corrected chi connectivity index (χ0v) is 11.6. The van der Waals surface area contributed by atoms with Gasteiger partial charge in [0.2, 0.25) is 0 Å². The molecule has 0 amide bonds. The second-order valence-electron chi connectivity index (χ2n) is 5.36. The molecule has 1 N–H and O–H groups in total. The topological polar surface area (TPSA) is 12.0 Å². The van der Waals surface area contributed by atoms with E-state index in [0.717, 1.165) is 0 Å². The lowest BCUT2D eigenvalue weighted by molar-refractivity contribution is 0.860. The van der Waals surface area contributed by atoms with Gasteiger partial charge in [-0.1, -0.05) is 52.5 Å². The number of nitrogens with one attached hydrogen (secondary N) is 1. The van der Waals surface area contributed by atoms with E-state index in [2.05, 4.69) is 44.3 Å². The van der Waals surface area contributed by atoms with Crippen LogP contribution in [-0.2, 0) is 0 Å². The Kier molecular flexibility index (Phi) is 4.73. The normalized spacial score (nSPS) is 13.5. The summed E-state index contributed by atoms with van der Waals surface area (Å²) in [6.45, 7) is 14.4. The number of hydrogen-bond acceptors (Lipinski definition) is 1. The SMILES string of the molecule is CCCC[Si](C)(C)N[Si](C)(C)C. The van der Waals surface area contributed by atoms with Gasteiger partial charge in [-0.2, -0.15) is 0 Å². The van der Waals surface area contributed by atoms with Crippen molar-refractivity contribution in [2.75, 3.05) is 0 Å². The van der Waals surface area contributed by atoms with Crippen LogP contribution in [0.1, 0.15) is 19.8 Å². The molecule has 0 aliphatic carbocycles. The van der Waals surface area contributed by atoms with Crippen molar-refractivity contribution >= 4 is 16.5 Å². The lowest BCUT2D eigenvalue weighted by Gasteiger charge is -2.32. The molecule has 3 heteroatoms. The highest BCUT2D eigenvalue weighted by atomic mass is 28.4. The Morgan fingerprint density at radius 2 is 1.50 bits per heavy atom. The summed E-state index contributed by atoms with van der Waals surface area (Å²) < 4.78 is 3.91. The molecule has 12 heavy (non-hydrogen) atoms. The Hall–Kier alpha value is 0.394. The van der Waals surface area contributed by atoms with E-state index in [1.54, 1.807) is 0 Å². The third kappa shape index (κ3) is 7.07. The van der Waals surface area contributed by atoms with Gasteiger partial charge in [0.05, 0.1) is 0 Å². The smallest absolute Gasteiger partial charge is 0.112 e. The summed E-state index contributed by atoms with van der Waals surface area (Å²) >= 11 is 0. The van der Waals surface area contributed by atoms with E-state index in [0.29, 0.717) is 0 Å². The van der Waals surface area contributed by atoms with Crippen molar-refractivity contribution in [3.05, 3.63) is 0 Å². The van der Waals surface area contributed by atoms with E-state index in [9.17, 15) is 0 Å². The molecule has 0 heterocycles. The molecule has 0 saturated heterocycles. The molecule has 74 valence electrons. The molecule has 0 aromatic heterocycles. The van der Waals surface area contributed by atoms with Crippen molar-refractivity contribution in [2.24, 2.45) is 0 Å². The molecule has 0 aliphatic rings. The average Bonchev–Trinajstić information content (AvgIpc) is 1.78. The highest BCUT2D eigenvalue weighted by Crippen LogP contribution is 2.13. The van der Waals surface area contributed by atoms with Gasteiger partial charge in [-0.15, -0.1) is 0 Å². The standard InChI is InChI=1S/C9H25NSi2/c1-7-8-9-12(5,6)10-11(2,3)4/h10H,7-9H2,1-6H3. The van der Waals surface area contributed by atoms with Crippen molar-refractivity contribution in [1.29, 1.82) is 0 Å². The van der Waals surface area contributed by atoms with Crippen LogP contribution in [0.15, 0.2) is 0 Å². The Labute approximate surface area is 80.1 Å². The van der Waals surface area contributed by atoms with Gasteiger partial charge < -0.3 is 4.65 Å². The summed E-state index contributed by atoms with van der Waals surface area (Å²) in [5.41, 5.74) is 0. The molecule has 0 atom stereocenters. The van der Waals surface area contributed by atoms with Crippen LogP contribution in [-0.4, -0.2) is 16.5 Å². The summed E-state index contributed by atoms with van der Waals surface area (Å²) in [5, 5.41) is 0. The second kappa shape index (κ2) is 4.58. The molecule has 0 fully saturated rings. The Morgan fingerprint density at radius 3 is 1.83 bits per heavy atom. The minimum absolute atomic E-state index is 1.03.